The minimum atomic E-state index is -1.13. The van der Waals surface area contributed by atoms with Crippen molar-refractivity contribution in [3.63, 3.8) is 0 Å². The van der Waals surface area contributed by atoms with E-state index >= 15 is 0 Å². The average molecular weight is 387 g/mol. The molecule has 1 aliphatic carbocycles. The van der Waals surface area contributed by atoms with Crippen LogP contribution in [0.3, 0.4) is 0 Å². The second kappa shape index (κ2) is 9.06. The van der Waals surface area contributed by atoms with Gasteiger partial charge in [0, 0.05) is 35.3 Å². The number of hydrogen-bond acceptors (Lipinski definition) is 3. The van der Waals surface area contributed by atoms with Crippen LogP contribution >= 0.6 is 23.2 Å². The Morgan fingerprint density at radius 1 is 1.16 bits per heavy atom. The summed E-state index contributed by atoms with van der Waals surface area (Å²) in [5.41, 5.74) is 0.627. The first-order valence-corrected chi connectivity index (χ1v) is 8.85. The maximum Gasteiger partial charge on any atom is 0.326 e. The van der Waals surface area contributed by atoms with E-state index in [9.17, 15) is 19.5 Å². The summed E-state index contributed by atoms with van der Waals surface area (Å²) in [7, 11) is 0. The molecule has 0 bridgehead atoms. The summed E-state index contributed by atoms with van der Waals surface area (Å²) in [6.45, 7) is 0.407. The van der Waals surface area contributed by atoms with Gasteiger partial charge < -0.3 is 15.7 Å². The van der Waals surface area contributed by atoms with Crippen LogP contribution in [0.2, 0.25) is 10.0 Å². The van der Waals surface area contributed by atoms with Gasteiger partial charge in [0.25, 0.3) is 0 Å². The van der Waals surface area contributed by atoms with Crippen molar-refractivity contribution in [2.45, 2.75) is 38.1 Å². The third kappa shape index (κ3) is 6.92. The number of nitrogens with one attached hydrogen (secondary N) is 2. The highest BCUT2D eigenvalue weighted by Gasteiger charge is 2.29. The number of amides is 2. The number of rotatable bonds is 9. The quantitative estimate of drug-likeness (QED) is 0.567. The molecule has 1 aliphatic rings. The smallest absolute Gasteiger partial charge is 0.326 e. The molecule has 0 aliphatic heterocycles. The molecule has 0 aromatic heterocycles. The molecule has 136 valence electrons. The molecule has 1 aromatic carbocycles. The van der Waals surface area contributed by atoms with Gasteiger partial charge in [0.2, 0.25) is 11.8 Å². The van der Waals surface area contributed by atoms with Crippen LogP contribution in [0.25, 0.3) is 0 Å². The highest BCUT2D eigenvalue weighted by molar-refractivity contribution is 6.34. The van der Waals surface area contributed by atoms with Crippen LogP contribution in [0.4, 0.5) is 0 Å². The Morgan fingerprint density at radius 2 is 1.80 bits per heavy atom. The first-order valence-electron chi connectivity index (χ1n) is 8.10. The van der Waals surface area contributed by atoms with E-state index in [0.717, 1.165) is 12.8 Å². The molecule has 2 amide bonds. The van der Waals surface area contributed by atoms with Crippen molar-refractivity contribution in [1.29, 1.82) is 0 Å². The van der Waals surface area contributed by atoms with Crippen molar-refractivity contribution < 1.29 is 19.5 Å². The van der Waals surface area contributed by atoms with Crippen LogP contribution in [0.15, 0.2) is 18.2 Å². The molecule has 2 rings (SSSR count). The summed E-state index contributed by atoms with van der Waals surface area (Å²) in [6.07, 6.45) is 2.55. The van der Waals surface area contributed by atoms with Gasteiger partial charge in [0.05, 0.1) is 0 Å². The molecule has 1 atom stereocenters. The van der Waals surface area contributed by atoms with Crippen LogP contribution in [-0.4, -0.2) is 35.5 Å². The Bertz CT molecular complexity index is 642. The van der Waals surface area contributed by atoms with Crippen LogP contribution in [-0.2, 0) is 20.8 Å². The summed E-state index contributed by atoms with van der Waals surface area (Å²) in [6, 6.07) is 3.71. The Kier molecular flexibility index (Phi) is 7.08. The second-order valence-electron chi connectivity index (χ2n) is 6.11. The normalized spacial score (nSPS) is 14.6. The lowest BCUT2D eigenvalue weighted by atomic mass is 10.1. The molecule has 0 spiro atoms. The lowest BCUT2D eigenvalue weighted by Gasteiger charge is -2.15. The molecule has 6 nitrogen and oxygen atoms in total. The first-order chi connectivity index (χ1) is 11.8. The first kappa shape index (κ1) is 19.5. The summed E-state index contributed by atoms with van der Waals surface area (Å²) in [4.78, 5) is 34.8. The van der Waals surface area contributed by atoms with Gasteiger partial charge in [-0.15, -0.1) is 0 Å². The van der Waals surface area contributed by atoms with Crippen molar-refractivity contribution in [3.8, 4) is 0 Å². The zero-order valence-corrected chi connectivity index (χ0v) is 15.1. The fourth-order valence-corrected chi connectivity index (χ4v) is 2.95. The molecule has 3 N–H and O–H groups in total. The SMILES string of the molecule is O=C(CCCNC(=O)C1CC1)N[C@@H](Cc1cc(Cl)cc(Cl)c1)C(=O)O. The van der Waals surface area contributed by atoms with E-state index in [-0.39, 0.29) is 30.6 Å². The number of aliphatic carboxylic acids is 1. The number of carbonyl (C=O) groups excluding carboxylic acids is 2. The third-order valence-electron chi connectivity index (χ3n) is 3.82. The Balaban J connectivity index is 1.78. The number of carboxylic acids is 1. The molecule has 0 unspecified atom stereocenters. The van der Waals surface area contributed by atoms with Gasteiger partial charge in [0.15, 0.2) is 0 Å². The van der Waals surface area contributed by atoms with E-state index in [4.69, 9.17) is 23.2 Å². The summed E-state index contributed by atoms with van der Waals surface area (Å²) in [5, 5.41) is 15.4. The van der Waals surface area contributed by atoms with Crippen LogP contribution in [0.1, 0.15) is 31.2 Å². The van der Waals surface area contributed by atoms with Crippen LogP contribution in [0, 0.1) is 5.92 Å². The molecule has 1 aromatic rings. The third-order valence-corrected chi connectivity index (χ3v) is 4.26. The fourth-order valence-electron chi connectivity index (χ4n) is 2.38. The van der Waals surface area contributed by atoms with Crippen LogP contribution in [0.5, 0.6) is 0 Å². The van der Waals surface area contributed by atoms with E-state index in [1.54, 1.807) is 18.2 Å². The molecular formula is C17H20Cl2N2O4. The topological polar surface area (TPSA) is 95.5 Å². The summed E-state index contributed by atoms with van der Waals surface area (Å²) >= 11 is 11.8. The standard InChI is InChI=1S/C17H20Cl2N2O4/c18-12-6-10(7-13(19)9-12)8-14(17(24)25)21-15(22)2-1-5-20-16(23)11-3-4-11/h6-7,9,11,14H,1-5,8H2,(H,20,23)(H,21,22)(H,24,25)/t14-/m0/s1. The fraction of sp³-hybridized carbons (Fsp3) is 0.471. The molecule has 25 heavy (non-hydrogen) atoms. The molecular weight excluding hydrogens is 367 g/mol. The molecule has 0 heterocycles. The van der Waals surface area contributed by atoms with Gasteiger partial charge in [-0.25, -0.2) is 4.79 Å². The van der Waals surface area contributed by atoms with E-state index < -0.39 is 12.0 Å². The zero-order valence-electron chi connectivity index (χ0n) is 13.6. The lowest BCUT2D eigenvalue weighted by Crippen LogP contribution is -2.42. The van der Waals surface area contributed by atoms with E-state index in [2.05, 4.69) is 10.6 Å². The van der Waals surface area contributed by atoms with Gasteiger partial charge in [-0.2, -0.15) is 0 Å². The zero-order chi connectivity index (χ0) is 18.4. The number of hydrogen-bond donors (Lipinski definition) is 3. The van der Waals surface area contributed by atoms with Gasteiger partial charge in [0.1, 0.15) is 6.04 Å². The highest BCUT2D eigenvalue weighted by Crippen LogP contribution is 2.28. The predicted molar refractivity (Wildman–Crippen MR) is 94.7 cm³/mol. The maximum absolute atomic E-state index is 11.9. The van der Waals surface area contributed by atoms with Gasteiger partial charge in [-0.3, -0.25) is 9.59 Å². The monoisotopic (exact) mass is 386 g/mol. The van der Waals surface area contributed by atoms with Crippen molar-refractivity contribution >= 4 is 41.0 Å². The Hall–Kier alpha value is -1.79. The maximum atomic E-state index is 11.9. The Labute approximate surface area is 155 Å². The van der Waals surface area contributed by atoms with Gasteiger partial charge in [-0.1, -0.05) is 23.2 Å². The summed E-state index contributed by atoms with van der Waals surface area (Å²) in [5.74, 6) is -1.34. The van der Waals surface area contributed by atoms with Crippen molar-refractivity contribution in [3.05, 3.63) is 33.8 Å². The van der Waals surface area contributed by atoms with Gasteiger partial charge in [-0.05, 0) is 43.0 Å². The number of benzene rings is 1. The van der Waals surface area contributed by atoms with Gasteiger partial charge >= 0.3 is 5.97 Å². The minimum absolute atomic E-state index is 0.0293. The number of carbonyl (C=O) groups is 3. The predicted octanol–water partition coefficient (Wildman–Crippen LogP) is 2.41. The average Bonchev–Trinajstić information content (AvgIpc) is 3.34. The van der Waals surface area contributed by atoms with Crippen molar-refractivity contribution in [2.24, 2.45) is 5.92 Å². The minimum Gasteiger partial charge on any atom is -0.480 e. The molecule has 0 saturated heterocycles. The molecule has 8 heteroatoms. The number of carboxylic acid groups (broad SMARTS) is 1. The molecule has 1 saturated carbocycles. The largest absolute Gasteiger partial charge is 0.480 e. The Morgan fingerprint density at radius 3 is 2.36 bits per heavy atom. The molecule has 0 radical (unpaired) electrons. The van der Waals surface area contributed by atoms with Crippen LogP contribution < -0.4 is 10.6 Å². The highest BCUT2D eigenvalue weighted by atomic mass is 35.5. The number of halogens is 2. The van der Waals surface area contributed by atoms with Crippen molar-refractivity contribution in [1.82, 2.24) is 10.6 Å². The van der Waals surface area contributed by atoms with E-state index in [1.807, 2.05) is 0 Å². The summed E-state index contributed by atoms with van der Waals surface area (Å²) < 4.78 is 0. The van der Waals surface area contributed by atoms with E-state index in [0.29, 0.717) is 28.6 Å². The molecule has 1 fully saturated rings. The second-order valence-corrected chi connectivity index (χ2v) is 6.98. The van der Waals surface area contributed by atoms with Crippen molar-refractivity contribution in [2.75, 3.05) is 6.54 Å². The lowest BCUT2D eigenvalue weighted by molar-refractivity contribution is -0.141. The van der Waals surface area contributed by atoms with E-state index in [1.165, 1.54) is 0 Å².